The van der Waals surface area contributed by atoms with Gasteiger partial charge in [0, 0.05) is 5.56 Å². The summed E-state index contributed by atoms with van der Waals surface area (Å²) in [7, 11) is 0. The van der Waals surface area contributed by atoms with Crippen molar-refractivity contribution in [1.82, 2.24) is 14.8 Å². The van der Waals surface area contributed by atoms with E-state index in [1.54, 1.807) is 12.1 Å². The van der Waals surface area contributed by atoms with Crippen molar-refractivity contribution >= 4 is 17.6 Å². The van der Waals surface area contributed by atoms with Gasteiger partial charge in [0.15, 0.2) is 0 Å². The summed E-state index contributed by atoms with van der Waals surface area (Å²) in [4.78, 5) is 16.7. The molecular formula is C18H15N3O. The molecule has 0 unspecified atom stereocenters. The van der Waals surface area contributed by atoms with E-state index in [4.69, 9.17) is 0 Å². The topological polar surface area (TPSA) is 47.8 Å². The molecule has 0 amide bonds. The second-order valence-corrected chi connectivity index (χ2v) is 4.98. The van der Waals surface area contributed by atoms with Crippen molar-refractivity contribution in [3.8, 4) is 0 Å². The lowest BCUT2D eigenvalue weighted by molar-refractivity contribution is 0.105. The van der Waals surface area contributed by atoms with E-state index < -0.39 is 0 Å². The maximum atomic E-state index is 12.8. The molecule has 4 nitrogen and oxygen atoms in total. The number of rotatable bonds is 4. The van der Waals surface area contributed by atoms with Crippen molar-refractivity contribution in [1.29, 1.82) is 0 Å². The largest absolute Gasteiger partial charge is 0.287 e. The number of carbonyl (C=O) groups excluding carboxylic acids is 1. The van der Waals surface area contributed by atoms with Crippen LogP contribution < -0.4 is 0 Å². The summed E-state index contributed by atoms with van der Waals surface area (Å²) in [5.41, 5.74) is 3.21. The van der Waals surface area contributed by atoms with E-state index in [2.05, 4.69) is 10.1 Å². The third-order valence-corrected chi connectivity index (χ3v) is 3.31. The third-order valence-electron chi connectivity index (χ3n) is 3.31. The molecule has 0 aliphatic carbocycles. The Labute approximate surface area is 128 Å². The number of aryl methyl sites for hydroxylation is 1. The van der Waals surface area contributed by atoms with Crippen LogP contribution in [0.3, 0.4) is 0 Å². The van der Waals surface area contributed by atoms with Gasteiger partial charge in [-0.2, -0.15) is 5.10 Å². The number of nitrogens with zero attached hydrogens (tertiary/aromatic N) is 3. The molecule has 0 aliphatic rings. The molecule has 1 aromatic heterocycles. The lowest BCUT2D eigenvalue weighted by Crippen LogP contribution is -2.10. The van der Waals surface area contributed by atoms with E-state index in [0.717, 1.165) is 5.56 Å². The first kappa shape index (κ1) is 13.9. The fourth-order valence-corrected chi connectivity index (χ4v) is 2.13. The molecule has 0 saturated carbocycles. The molecule has 0 aliphatic heterocycles. The van der Waals surface area contributed by atoms with Crippen molar-refractivity contribution in [2.75, 3.05) is 0 Å². The van der Waals surface area contributed by atoms with Crippen LogP contribution in [0.15, 0.2) is 67.3 Å². The van der Waals surface area contributed by atoms with Gasteiger partial charge in [0.05, 0.1) is 0 Å². The second kappa shape index (κ2) is 6.18. The maximum Gasteiger partial charge on any atom is 0.211 e. The van der Waals surface area contributed by atoms with Gasteiger partial charge in [0.1, 0.15) is 18.4 Å². The average molecular weight is 289 g/mol. The van der Waals surface area contributed by atoms with E-state index in [-0.39, 0.29) is 5.78 Å². The van der Waals surface area contributed by atoms with Crippen LogP contribution in [0.2, 0.25) is 0 Å². The Morgan fingerprint density at radius 3 is 2.41 bits per heavy atom. The average Bonchev–Trinajstić information content (AvgIpc) is 3.09. The molecule has 0 bridgehead atoms. The highest BCUT2D eigenvalue weighted by Crippen LogP contribution is 2.16. The van der Waals surface area contributed by atoms with Gasteiger partial charge in [-0.1, -0.05) is 60.2 Å². The van der Waals surface area contributed by atoms with Gasteiger partial charge in [-0.05, 0) is 18.6 Å². The summed E-state index contributed by atoms with van der Waals surface area (Å²) in [6, 6.07) is 17.1. The number of hydrogen-bond acceptors (Lipinski definition) is 3. The highest BCUT2D eigenvalue weighted by Gasteiger charge is 2.14. The lowest BCUT2D eigenvalue weighted by Gasteiger charge is -2.07. The van der Waals surface area contributed by atoms with Gasteiger partial charge >= 0.3 is 0 Å². The van der Waals surface area contributed by atoms with Gasteiger partial charge in [-0.15, -0.1) is 0 Å². The molecule has 0 N–H and O–H groups in total. The van der Waals surface area contributed by atoms with E-state index in [1.807, 2.05) is 55.5 Å². The van der Waals surface area contributed by atoms with E-state index in [9.17, 15) is 4.79 Å². The fourth-order valence-electron chi connectivity index (χ4n) is 2.13. The molecule has 22 heavy (non-hydrogen) atoms. The standard InChI is InChI=1S/C18H15N3O/c1-14-7-9-15(10-8-14)11-17(21-13-19-12-20-21)18(22)16-5-3-2-4-6-16/h2-13H,1H3. The minimum absolute atomic E-state index is 0.0910. The Morgan fingerprint density at radius 2 is 1.77 bits per heavy atom. The number of carbonyl (C=O) groups is 1. The molecular weight excluding hydrogens is 274 g/mol. The lowest BCUT2D eigenvalue weighted by atomic mass is 10.1. The Balaban J connectivity index is 2.05. The van der Waals surface area contributed by atoms with Gasteiger partial charge in [0.25, 0.3) is 0 Å². The molecule has 3 aromatic rings. The van der Waals surface area contributed by atoms with Crippen LogP contribution in [-0.2, 0) is 0 Å². The van der Waals surface area contributed by atoms with Gasteiger partial charge in [0.2, 0.25) is 5.78 Å². The first-order valence-electron chi connectivity index (χ1n) is 6.97. The normalized spacial score (nSPS) is 11.4. The number of Topliss-reactive ketones (excluding diaryl/α,β-unsaturated/α-hetero) is 1. The first-order valence-corrected chi connectivity index (χ1v) is 6.97. The predicted octanol–water partition coefficient (Wildman–Crippen LogP) is 3.47. The third kappa shape index (κ3) is 3.01. The van der Waals surface area contributed by atoms with Gasteiger partial charge < -0.3 is 0 Å². The fraction of sp³-hybridized carbons (Fsp3) is 0.0556. The zero-order valence-electron chi connectivity index (χ0n) is 12.2. The highest BCUT2D eigenvalue weighted by atomic mass is 16.1. The van der Waals surface area contributed by atoms with E-state index in [1.165, 1.54) is 22.9 Å². The molecule has 0 saturated heterocycles. The molecule has 108 valence electrons. The summed E-state index contributed by atoms with van der Waals surface area (Å²) in [5, 5.41) is 4.09. The molecule has 1 heterocycles. The minimum Gasteiger partial charge on any atom is -0.287 e. The SMILES string of the molecule is Cc1ccc(C=C(C(=O)c2ccccc2)n2cncn2)cc1. The van der Waals surface area contributed by atoms with Crippen molar-refractivity contribution in [2.24, 2.45) is 0 Å². The predicted molar refractivity (Wildman–Crippen MR) is 86.1 cm³/mol. The van der Waals surface area contributed by atoms with Crippen LogP contribution in [0.4, 0.5) is 0 Å². The highest BCUT2D eigenvalue weighted by molar-refractivity contribution is 6.27. The second-order valence-electron chi connectivity index (χ2n) is 4.98. The Hall–Kier alpha value is -3.01. The molecule has 0 fully saturated rings. The summed E-state index contributed by atoms with van der Waals surface area (Å²) in [5.74, 6) is -0.0910. The quantitative estimate of drug-likeness (QED) is 0.546. The number of ketones is 1. The molecule has 4 heteroatoms. The summed E-state index contributed by atoms with van der Waals surface area (Å²) in [6.45, 7) is 2.03. The summed E-state index contributed by atoms with van der Waals surface area (Å²) >= 11 is 0. The number of benzene rings is 2. The van der Waals surface area contributed by atoms with Crippen LogP contribution >= 0.6 is 0 Å². The Kier molecular flexibility index (Phi) is 3.92. The van der Waals surface area contributed by atoms with E-state index in [0.29, 0.717) is 11.3 Å². The Morgan fingerprint density at radius 1 is 1.05 bits per heavy atom. The molecule has 0 radical (unpaired) electrons. The van der Waals surface area contributed by atoms with Gasteiger partial charge in [-0.3, -0.25) is 4.79 Å². The minimum atomic E-state index is -0.0910. The van der Waals surface area contributed by atoms with Gasteiger partial charge in [-0.25, -0.2) is 9.67 Å². The van der Waals surface area contributed by atoms with Crippen LogP contribution in [-0.4, -0.2) is 20.5 Å². The molecule has 0 spiro atoms. The van der Waals surface area contributed by atoms with Crippen LogP contribution in [0, 0.1) is 6.92 Å². The smallest absolute Gasteiger partial charge is 0.211 e. The van der Waals surface area contributed by atoms with Crippen molar-refractivity contribution in [3.05, 3.63) is 83.9 Å². The molecule has 2 aromatic carbocycles. The van der Waals surface area contributed by atoms with Crippen LogP contribution in [0.1, 0.15) is 21.5 Å². The number of hydrogen-bond donors (Lipinski definition) is 0. The van der Waals surface area contributed by atoms with Crippen molar-refractivity contribution in [3.63, 3.8) is 0 Å². The summed E-state index contributed by atoms with van der Waals surface area (Å²) < 4.78 is 1.50. The van der Waals surface area contributed by atoms with Crippen molar-refractivity contribution in [2.45, 2.75) is 6.92 Å². The zero-order chi connectivity index (χ0) is 15.4. The monoisotopic (exact) mass is 289 g/mol. The van der Waals surface area contributed by atoms with Crippen LogP contribution in [0.5, 0.6) is 0 Å². The Bertz CT molecular complexity index is 788. The number of allylic oxidation sites excluding steroid dienone is 1. The first-order chi connectivity index (χ1) is 10.7. The molecule has 3 rings (SSSR count). The van der Waals surface area contributed by atoms with E-state index >= 15 is 0 Å². The summed E-state index contributed by atoms with van der Waals surface area (Å²) in [6.07, 6.45) is 4.77. The maximum absolute atomic E-state index is 12.8. The van der Waals surface area contributed by atoms with Crippen LogP contribution in [0.25, 0.3) is 11.8 Å². The molecule has 0 atom stereocenters. The van der Waals surface area contributed by atoms with Crippen molar-refractivity contribution < 1.29 is 4.79 Å². The zero-order valence-corrected chi connectivity index (χ0v) is 12.2. The number of aromatic nitrogens is 3.